The predicted molar refractivity (Wildman–Crippen MR) is 67.7 cm³/mol. The van der Waals surface area contributed by atoms with Crippen molar-refractivity contribution in [3.63, 3.8) is 0 Å². The van der Waals surface area contributed by atoms with Crippen LogP contribution >= 0.6 is 34.5 Å². The van der Waals surface area contributed by atoms with Gasteiger partial charge in [-0.1, -0.05) is 44.0 Å². The Morgan fingerprint density at radius 2 is 1.88 bits per heavy atom. The third-order valence-corrected chi connectivity index (χ3v) is 3.60. The first kappa shape index (κ1) is 13.7. The van der Waals surface area contributed by atoms with E-state index in [1.165, 1.54) is 6.07 Å². The summed E-state index contributed by atoms with van der Waals surface area (Å²) in [6.07, 6.45) is -0.129. The molecule has 0 fully saturated rings. The van der Waals surface area contributed by atoms with Crippen LogP contribution in [-0.2, 0) is 4.79 Å². The molecule has 0 aliphatic heterocycles. The molecule has 0 aliphatic carbocycles. The van der Waals surface area contributed by atoms with Crippen LogP contribution in [0.5, 0.6) is 0 Å². The molecular formula is C11H12Cl2O2S. The van der Waals surface area contributed by atoms with E-state index >= 15 is 0 Å². The fourth-order valence-electron chi connectivity index (χ4n) is 1.04. The molecule has 0 N–H and O–H groups in total. The van der Waals surface area contributed by atoms with Crippen molar-refractivity contribution in [3.05, 3.63) is 20.3 Å². The van der Waals surface area contributed by atoms with Crippen LogP contribution in [0.1, 0.15) is 37.6 Å². The zero-order chi connectivity index (χ0) is 12.5. The van der Waals surface area contributed by atoms with Gasteiger partial charge in [-0.05, 0) is 6.07 Å². The quantitative estimate of drug-likeness (QED) is 0.612. The fraction of sp³-hybridized carbons (Fsp3) is 0.455. The van der Waals surface area contributed by atoms with Gasteiger partial charge < -0.3 is 0 Å². The molecule has 0 unspecified atom stereocenters. The van der Waals surface area contributed by atoms with Crippen molar-refractivity contribution in [1.29, 1.82) is 0 Å². The summed E-state index contributed by atoms with van der Waals surface area (Å²) < 4.78 is 0.799. The van der Waals surface area contributed by atoms with Gasteiger partial charge in [-0.2, -0.15) is 0 Å². The maximum absolute atomic E-state index is 11.8. The molecule has 5 heteroatoms. The summed E-state index contributed by atoms with van der Waals surface area (Å²) in [5.74, 6) is -0.371. The topological polar surface area (TPSA) is 34.1 Å². The Labute approximate surface area is 109 Å². The van der Waals surface area contributed by atoms with Crippen molar-refractivity contribution in [1.82, 2.24) is 0 Å². The van der Waals surface area contributed by atoms with E-state index in [1.807, 2.05) is 0 Å². The Bertz CT molecular complexity index is 430. The first-order valence-corrected chi connectivity index (χ1v) is 6.30. The van der Waals surface area contributed by atoms with Gasteiger partial charge in [-0.25, -0.2) is 0 Å². The Balaban J connectivity index is 2.81. The third-order valence-electron chi connectivity index (χ3n) is 2.11. The van der Waals surface area contributed by atoms with Crippen LogP contribution in [0.15, 0.2) is 6.07 Å². The number of thiophene rings is 1. The number of ketones is 2. The lowest BCUT2D eigenvalue weighted by Gasteiger charge is -2.15. The van der Waals surface area contributed by atoms with Crippen molar-refractivity contribution in [2.24, 2.45) is 5.41 Å². The molecule has 0 aromatic carbocycles. The highest BCUT2D eigenvalue weighted by atomic mass is 35.5. The van der Waals surface area contributed by atoms with E-state index in [1.54, 1.807) is 20.8 Å². The summed E-state index contributed by atoms with van der Waals surface area (Å²) >= 11 is 12.7. The first-order valence-electron chi connectivity index (χ1n) is 4.73. The highest BCUT2D eigenvalue weighted by Crippen LogP contribution is 2.32. The summed E-state index contributed by atoms with van der Waals surface area (Å²) in [5.41, 5.74) is -0.170. The molecule has 0 amide bonds. The Morgan fingerprint density at radius 3 is 2.25 bits per heavy atom. The summed E-state index contributed by atoms with van der Waals surface area (Å²) in [4.78, 5) is 23.5. The number of rotatable bonds is 3. The highest BCUT2D eigenvalue weighted by Gasteiger charge is 2.25. The lowest BCUT2D eigenvalue weighted by molar-refractivity contribution is -0.125. The van der Waals surface area contributed by atoms with Gasteiger partial charge in [0.1, 0.15) is 10.1 Å². The average Bonchev–Trinajstić information content (AvgIpc) is 2.43. The third kappa shape index (κ3) is 3.30. The number of hydrogen-bond donors (Lipinski definition) is 0. The van der Waals surface area contributed by atoms with Gasteiger partial charge in [0.2, 0.25) is 0 Å². The van der Waals surface area contributed by atoms with E-state index in [-0.39, 0.29) is 18.0 Å². The maximum Gasteiger partial charge on any atom is 0.172 e. The van der Waals surface area contributed by atoms with Gasteiger partial charge in [0.05, 0.1) is 10.8 Å². The van der Waals surface area contributed by atoms with Crippen molar-refractivity contribution in [3.8, 4) is 0 Å². The Kier molecular flexibility index (Phi) is 4.16. The molecule has 16 heavy (non-hydrogen) atoms. The summed E-state index contributed by atoms with van der Waals surface area (Å²) in [6, 6.07) is 1.51. The second-order valence-electron chi connectivity index (χ2n) is 4.51. The lowest BCUT2D eigenvalue weighted by atomic mass is 9.87. The fourth-order valence-corrected chi connectivity index (χ4v) is 2.54. The Hall–Kier alpha value is -0.380. The van der Waals surface area contributed by atoms with Crippen LogP contribution in [0.4, 0.5) is 0 Å². The number of halogens is 2. The number of hydrogen-bond acceptors (Lipinski definition) is 3. The van der Waals surface area contributed by atoms with Crippen LogP contribution in [-0.4, -0.2) is 11.6 Å². The van der Waals surface area contributed by atoms with Gasteiger partial charge in [-0.15, -0.1) is 11.3 Å². The highest BCUT2D eigenvalue weighted by molar-refractivity contribution is 7.20. The van der Waals surface area contributed by atoms with Gasteiger partial charge in [0.25, 0.3) is 0 Å². The van der Waals surface area contributed by atoms with Crippen LogP contribution in [0.2, 0.25) is 8.67 Å². The Morgan fingerprint density at radius 1 is 1.31 bits per heavy atom. The molecule has 0 radical (unpaired) electrons. The van der Waals surface area contributed by atoms with Crippen molar-refractivity contribution < 1.29 is 9.59 Å². The van der Waals surface area contributed by atoms with Gasteiger partial charge in [0, 0.05) is 11.0 Å². The molecule has 2 nitrogen and oxygen atoms in total. The molecule has 1 heterocycles. The van der Waals surface area contributed by atoms with E-state index in [9.17, 15) is 9.59 Å². The average molecular weight is 279 g/mol. The molecular weight excluding hydrogens is 267 g/mol. The molecule has 0 spiro atoms. The van der Waals surface area contributed by atoms with Crippen molar-refractivity contribution >= 4 is 46.1 Å². The standard InChI is InChI=1S/C11H12Cl2O2S/c1-11(2,3)8(15)5-7(14)6-4-9(12)16-10(6)13/h4H,5H2,1-3H3. The van der Waals surface area contributed by atoms with Crippen LogP contribution in [0.25, 0.3) is 0 Å². The summed E-state index contributed by atoms with van der Waals surface area (Å²) in [7, 11) is 0. The van der Waals surface area contributed by atoms with Crippen LogP contribution in [0, 0.1) is 5.41 Å². The number of carbonyl (C=O) groups excluding carboxylic acids is 2. The monoisotopic (exact) mass is 278 g/mol. The molecule has 0 saturated heterocycles. The first-order chi connectivity index (χ1) is 7.21. The van der Waals surface area contributed by atoms with Crippen molar-refractivity contribution in [2.75, 3.05) is 0 Å². The molecule has 88 valence electrons. The minimum atomic E-state index is -0.512. The van der Waals surface area contributed by atoms with E-state index in [0.717, 1.165) is 11.3 Å². The van der Waals surface area contributed by atoms with Crippen LogP contribution in [0.3, 0.4) is 0 Å². The summed E-state index contributed by atoms with van der Waals surface area (Å²) in [5, 5.41) is 0. The van der Waals surface area contributed by atoms with E-state index in [0.29, 0.717) is 14.2 Å². The van der Waals surface area contributed by atoms with Gasteiger partial charge in [-0.3, -0.25) is 9.59 Å². The number of carbonyl (C=O) groups is 2. The van der Waals surface area contributed by atoms with E-state index in [2.05, 4.69) is 0 Å². The molecule has 1 rings (SSSR count). The second kappa shape index (κ2) is 4.86. The molecule has 1 aromatic rings. The van der Waals surface area contributed by atoms with E-state index < -0.39 is 5.41 Å². The minimum absolute atomic E-state index is 0.101. The minimum Gasteiger partial charge on any atom is -0.299 e. The summed E-state index contributed by atoms with van der Waals surface area (Å²) in [6.45, 7) is 5.35. The molecule has 1 aromatic heterocycles. The largest absolute Gasteiger partial charge is 0.299 e. The molecule has 0 saturated carbocycles. The van der Waals surface area contributed by atoms with Crippen LogP contribution < -0.4 is 0 Å². The second-order valence-corrected chi connectivity index (χ2v) is 6.80. The van der Waals surface area contributed by atoms with Gasteiger partial charge >= 0.3 is 0 Å². The SMILES string of the molecule is CC(C)(C)C(=O)CC(=O)c1cc(Cl)sc1Cl. The molecule has 0 atom stereocenters. The van der Waals surface area contributed by atoms with E-state index in [4.69, 9.17) is 23.2 Å². The maximum atomic E-state index is 11.8. The smallest absolute Gasteiger partial charge is 0.172 e. The van der Waals surface area contributed by atoms with Gasteiger partial charge in [0.15, 0.2) is 5.78 Å². The lowest BCUT2D eigenvalue weighted by Crippen LogP contribution is -2.23. The molecule has 0 bridgehead atoms. The zero-order valence-electron chi connectivity index (χ0n) is 9.27. The zero-order valence-corrected chi connectivity index (χ0v) is 11.6. The number of Topliss-reactive ketones (excluding diaryl/α,β-unsaturated/α-hetero) is 2. The normalized spacial score (nSPS) is 11.6. The predicted octanol–water partition coefficient (Wildman–Crippen LogP) is 4.24. The van der Waals surface area contributed by atoms with Crippen molar-refractivity contribution in [2.45, 2.75) is 27.2 Å². The molecule has 0 aliphatic rings.